The van der Waals surface area contributed by atoms with Gasteiger partial charge in [0.1, 0.15) is 12.4 Å². The summed E-state index contributed by atoms with van der Waals surface area (Å²) in [6.07, 6.45) is 5.19. The third kappa shape index (κ3) is 5.70. The van der Waals surface area contributed by atoms with E-state index in [0.29, 0.717) is 17.8 Å². The monoisotopic (exact) mass is 413 g/mol. The Morgan fingerprint density at radius 2 is 2.11 bits per heavy atom. The van der Waals surface area contributed by atoms with Crippen LogP contribution in [0, 0.1) is 0 Å². The van der Waals surface area contributed by atoms with Gasteiger partial charge in [-0.25, -0.2) is 18.5 Å². The molecule has 7 nitrogen and oxygen atoms in total. The molecule has 27 heavy (non-hydrogen) atoms. The number of carbonyl (C=O) groups excluding carboxylic acids is 1. The highest BCUT2D eigenvalue weighted by Gasteiger charge is 2.17. The molecule has 0 radical (unpaired) electrons. The van der Waals surface area contributed by atoms with Crippen molar-refractivity contribution < 1.29 is 17.9 Å². The van der Waals surface area contributed by atoms with Gasteiger partial charge >= 0.3 is 5.97 Å². The molecule has 0 spiro atoms. The average Bonchev–Trinajstić information content (AvgIpc) is 2.98. The quantitative estimate of drug-likeness (QED) is 0.600. The predicted molar refractivity (Wildman–Crippen MR) is 108 cm³/mol. The molecule has 0 saturated heterocycles. The Hall–Kier alpha value is -1.58. The largest absolute Gasteiger partial charge is 0.457 e. The van der Waals surface area contributed by atoms with Crippen molar-refractivity contribution in [3.05, 3.63) is 24.0 Å². The number of esters is 1. The highest BCUT2D eigenvalue weighted by atomic mass is 32.2. The minimum atomic E-state index is -3.80. The Labute approximate surface area is 164 Å². The van der Waals surface area contributed by atoms with Gasteiger partial charge in [-0.2, -0.15) is 11.8 Å². The number of nitrogens with two attached hydrogens (primary N) is 1. The van der Waals surface area contributed by atoms with Crippen LogP contribution in [-0.2, 0) is 32.7 Å². The molecule has 0 aliphatic rings. The van der Waals surface area contributed by atoms with E-state index in [1.165, 1.54) is 12.1 Å². The molecule has 0 bridgehead atoms. The Balaban J connectivity index is 2.26. The second-order valence-corrected chi connectivity index (χ2v) is 9.06. The number of unbranched alkanes of at least 4 members (excludes halogenated alkanes) is 1. The number of aryl methyl sites for hydroxylation is 1. The molecule has 1 aromatic heterocycles. The topological polar surface area (TPSA) is 104 Å². The maximum Gasteiger partial charge on any atom is 0.307 e. The van der Waals surface area contributed by atoms with E-state index in [1.54, 1.807) is 17.8 Å². The van der Waals surface area contributed by atoms with Crippen LogP contribution in [0.4, 0.5) is 0 Å². The van der Waals surface area contributed by atoms with E-state index >= 15 is 0 Å². The highest BCUT2D eigenvalue weighted by Crippen LogP contribution is 2.22. The van der Waals surface area contributed by atoms with Gasteiger partial charge in [0.25, 0.3) is 0 Å². The predicted octanol–water partition coefficient (Wildman–Crippen LogP) is 3.06. The first-order valence-electron chi connectivity index (χ1n) is 9.00. The van der Waals surface area contributed by atoms with Crippen molar-refractivity contribution in [2.45, 2.75) is 62.8 Å². The maximum atomic E-state index is 12.1. The van der Waals surface area contributed by atoms with E-state index in [4.69, 9.17) is 9.88 Å². The summed E-state index contributed by atoms with van der Waals surface area (Å²) in [5, 5.41) is 5.45. The molecular formula is C18H27N3O4S2. The van der Waals surface area contributed by atoms with Crippen LogP contribution in [0.25, 0.3) is 11.0 Å². The summed E-state index contributed by atoms with van der Waals surface area (Å²) in [7, 11) is -3.80. The minimum absolute atomic E-state index is 0.0180. The molecule has 1 aromatic carbocycles. The van der Waals surface area contributed by atoms with E-state index in [9.17, 15) is 13.2 Å². The number of thioether (sulfide) groups is 1. The number of imidazole rings is 1. The minimum Gasteiger partial charge on any atom is -0.457 e. The SMILES string of the molecule is CCCCn1c(COC(=O)C[C@H](CC)SC)nc2cc(S(N)(=O)=O)ccc21. The molecule has 1 heterocycles. The van der Waals surface area contributed by atoms with Crippen LogP contribution in [0.5, 0.6) is 0 Å². The van der Waals surface area contributed by atoms with Gasteiger partial charge in [-0.1, -0.05) is 20.3 Å². The molecule has 2 N–H and O–H groups in total. The lowest BCUT2D eigenvalue weighted by atomic mass is 10.2. The Bertz CT molecular complexity index is 889. The lowest BCUT2D eigenvalue weighted by Crippen LogP contribution is -2.14. The summed E-state index contributed by atoms with van der Waals surface area (Å²) < 4.78 is 30.6. The van der Waals surface area contributed by atoms with Gasteiger partial charge in [0.2, 0.25) is 10.0 Å². The molecule has 0 fully saturated rings. The van der Waals surface area contributed by atoms with Gasteiger partial charge in [-0.15, -0.1) is 0 Å². The van der Waals surface area contributed by atoms with Crippen LogP contribution in [-0.4, -0.2) is 35.4 Å². The van der Waals surface area contributed by atoms with Crippen molar-refractivity contribution >= 4 is 38.8 Å². The average molecular weight is 414 g/mol. The summed E-state index contributed by atoms with van der Waals surface area (Å²) in [6, 6.07) is 4.63. The summed E-state index contributed by atoms with van der Waals surface area (Å²) in [6.45, 7) is 4.91. The summed E-state index contributed by atoms with van der Waals surface area (Å²) in [5.41, 5.74) is 1.33. The van der Waals surface area contributed by atoms with Crippen molar-refractivity contribution in [1.82, 2.24) is 9.55 Å². The lowest BCUT2D eigenvalue weighted by Gasteiger charge is -2.12. The number of hydrogen-bond acceptors (Lipinski definition) is 6. The van der Waals surface area contributed by atoms with Gasteiger partial charge in [0.15, 0.2) is 0 Å². The van der Waals surface area contributed by atoms with E-state index in [1.807, 2.05) is 17.7 Å². The molecule has 1 atom stereocenters. The molecule has 0 saturated carbocycles. The van der Waals surface area contributed by atoms with Gasteiger partial charge in [0.05, 0.1) is 22.3 Å². The Morgan fingerprint density at radius 1 is 1.37 bits per heavy atom. The Morgan fingerprint density at radius 3 is 2.70 bits per heavy atom. The third-order valence-corrected chi connectivity index (χ3v) is 6.49. The third-order valence-electron chi connectivity index (χ3n) is 4.41. The number of carbonyl (C=O) groups is 1. The van der Waals surface area contributed by atoms with Crippen molar-refractivity contribution in [2.75, 3.05) is 6.26 Å². The number of nitrogens with zero attached hydrogens (tertiary/aromatic N) is 2. The first kappa shape index (κ1) is 21.7. The van der Waals surface area contributed by atoms with Crippen LogP contribution in [0.15, 0.2) is 23.1 Å². The molecule has 9 heteroatoms. The number of primary sulfonamides is 1. The first-order valence-corrected chi connectivity index (χ1v) is 11.8. The number of aromatic nitrogens is 2. The zero-order valence-electron chi connectivity index (χ0n) is 16.0. The van der Waals surface area contributed by atoms with Crippen molar-refractivity contribution in [3.8, 4) is 0 Å². The van der Waals surface area contributed by atoms with E-state index in [-0.39, 0.29) is 22.7 Å². The van der Waals surface area contributed by atoms with Crippen LogP contribution in [0.3, 0.4) is 0 Å². The Kier molecular flexibility index (Phi) is 7.69. The fourth-order valence-electron chi connectivity index (χ4n) is 2.80. The van der Waals surface area contributed by atoms with Gasteiger partial charge in [-0.3, -0.25) is 4.79 Å². The second kappa shape index (κ2) is 9.57. The molecule has 0 unspecified atom stereocenters. The van der Waals surface area contributed by atoms with Gasteiger partial charge in [0, 0.05) is 11.8 Å². The normalized spacial score (nSPS) is 13.0. The molecule has 0 aliphatic heterocycles. The molecule has 2 rings (SSSR count). The fraction of sp³-hybridized carbons (Fsp3) is 0.556. The number of fused-ring (bicyclic) bond motifs is 1. The molecular weight excluding hydrogens is 386 g/mol. The maximum absolute atomic E-state index is 12.1. The second-order valence-electron chi connectivity index (χ2n) is 6.36. The number of hydrogen-bond donors (Lipinski definition) is 1. The zero-order chi connectivity index (χ0) is 20.0. The fourth-order valence-corrected chi connectivity index (χ4v) is 3.97. The lowest BCUT2D eigenvalue weighted by molar-refractivity contribution is -0.145. The summed E-state index contributed by atoms with van der Waals surface area (Å²) in [4.78, 5) is 16.6. The van der Waals surface area contributed by atoms with Crippen molar-refractivity contribution in [2.24, 2.45) is 5.14 Å². The van der Waals surface area contributed by atoms with E-state index in [2.05, 4.69) is 11.9 Å². The zero-order valence-corrected chi connectivity index (χ0v) is 17.6. The number of sulfonamides is 1. The van der Waals surface area contributed by atoms with Crippen molar-refractivity contribution in [1.29, 1.82) is 0 Å². The smallest absolute Gasteiger partial charge is 0.307 e. The molecule has 0 amide bonds. The van der Waals surface area contributed by atoms with Crippen LogP contribution in [0.2, 0.25) is 0 Å². The molecule has 0 aliphatic carbocycles. The van der Waals surface area contributed by atoms with E-state index < -0.39 is 10.0 Å². The van der Waals surface area contributed by atoms with Crippen LogP contribution >= 0.6 is 11.8 Å². The van der Waals surface area contributed by atoms with Crippen molar-refractivity contribution in [3.63, 3.8) is 0 Å². The number of benzene rings is 1. The highest BCUT2D eigenvalue weighted by molar-refractivity contribution is 7.99. The summed E-state index contributed by atoms with van der Waals surface area (Å²) >= 11 is 1.65. The van der Waals surface area contributed by atoms with Gasteiger partial charge < -0.3 is 9.30 Å². The number of ether oxygens (including phenoxy) is 1. The summed E-state index contributed by atoms with van der Waals surface area (Å²) in [5.74, 6) is 0.353. The molecule has 2 aromatic rings. The van der Waals surface area contributed by atoms with E-state index in [0.717, 1.165) is 31.3 Å². The molecule has 150 valence electrons. The van der Waals surface area contributed by atoms with Crippen LogP contribution < -0.4 is 5.14 Å². The standard InChI is InChI=1S/C18H27N3O4S2/c1-4-6-9-21-16-8-7-14(27(19,23)24)11-15(16)20-17(21)12-25-18(22)10-13(5-2)26-3/h7-8,11,13H,4-6,9-10,12H2,1-3H3,(H2,19,23,24)/t13-/m0/s1. The van der Waals surface area contributed by atoms with Gasteiger partial charge in [-0.05, 0) is 37.3 Å². The van der Waals surface area contributed by atoms with Crippen LogP contribution in [0.1, 0.15) is 45.4 Å². The first-order chi connectivity index (χ1) is 12.8. The number of rotatable bonds is 10.